The van der Waals surface area contributed by atoms with Crippen molar-refractivity contribution in [1.82, 2.24) is 9.97 Å². The first-order valence-electron chi connectivity index (χ1n) is 7.82. The maximum Gasteiger partial charge on any atom is 0.274 e. The fourth-order valence-electron chi connectivity index (χ4n) is 2.01. The van der Waals surface area contributed by atoms with E-state index in [9.17, 15) is 4.79 Å². The lowest BCUT2D eigenvalue weighted by atomic mass is 10.3. The third-order valence-electron chi connectivity index (χ3n) is 3.15. The minimum absolute atomic E-state index is 0.290. The van der Waals surface area contributed by atoms with Gasteiger partial charge in [-0.25, -0.2) is 9.97 Å². The van der Waals surface area contributed by atoms with Gasteiger partial charge in [-0.05, 0) is 37.6 Å². The second-order valence-corrected chi connectivity index (χ2v) is 4.97. The highest BCUT2D eigenvalue weighted by Gasteiger charge is 2.09. The molecule has 7 heteroatoms. The van der Waals surface area contributed by atoms with E-state index in [1.807, 2.05) is 19.1 Å². The predicted molar refractivity (Wildman–Crippen MR) is 92.6 cm³/mol. The van der Waals surface area contributed by atoms with Crippen LogP contribution in [-0.2, 0) is 4.74 Å². The fourth-order valence-corrected chi connectivity index (χ4v) is 2.01. The monoisotopic (exact) mass is 330 g/mol. The van der Waals surface area contributed by atoms with Crippen LogP contribution >= 0.6 is 0 Å². The van der Waals surface area contributed by atoms with Crippen molar-refractivity contribution < 1.29 is 14.3 Å². The summed E-state index contributed by atoms with van der Waals surface area (Å²) < 4.78 is 10.4. The lowest BCUT2D eigenvalue weighted by molar-refractivity contribution is 0.102. The van der Waals surface area contributed by atoms with Crippen LogP contribution in [-0.4, -0.2) is 42.7 Å². The molecule has 2 rings (SSSR count). The molecular formula is C17H22N4O3. The van der Waals surface area contributed by atoms with Gasteiger partial charge in [0.25, 0.3) is 5.91 Å². The first-order valence-corrected chi connectivity index (χ1v) is 7.82. The molecule has 1 aromatic heterocycles. The number of hydrogen-bond acceptors (Lipinski definition) is 6. The van der Waals surface area contributed by atoms with E-state index in [4.69, 9.17) is 9.47 Å². The second-order valence-electron chi connectivity index (χ2n) is 4.97. The van der Waals surface area contributed by atoms with Gasteiger partial charge in [0.1, 0.15) is 23.6 Å². The van der Waals surface area contributed by atoms with Gasteiger partial charge in [0.2, 0.25) is 0 Å². The van der Waals surface area contributed by atoms with E-state index < -0.39 is 0 Å². The number of methoxy groups -OCH3 is 1. The summed E-state index contributed by atoms with van der Waals surface area (Å²) >= 11 is 0. The first-order chi connectivity index (χ1) is 11.7. The number of carbonyl (C=O) groups is 1. The summed E-state index contributed by atoms with van der Waals surface area (Å²) in [6, 6.07) is 8.81. The summed E-state index contributed by atoms with van der Waals surface area (Å²) in [7, 11) is 1.66. The Labute approximate surface area is 141 Å². The molecule has 1 heterocycles. The van der Waals surface area contributed by atoms with E-state index in [1.54, 1.807) is 25.3 Å². The van der Waals surface area contributed by atoms with Crippen molar-refractivity contribution in [3.63, 3.8) is 0 Å². The predicted octanol–water partition coefficient (Wildman–Crippen LogP) is 2.58. The first kappa shape index (κ1) is 17.7. The molecule has 0 aliphatic carbocycles. The zero-order chi connectivity index (χ0) is 17.2. The Morgan fingerprint density at radius 2 is 2.00 bits per heavy atom. The fraction of sp³-hybridized carbons (Fsp3) is 0.353. The summed E-state index contributed by atoms with van der Waals surface area (Å²) in [6.07, 6.45) is 2.22. The van der Waals surface area contributed by atoms with Gasteiger partial charge in [-0.1, -0.05) is 0 Å². The molecule has 0 spiro atoms. The molecule has 2 aromatic rings. The van der Waals surface area contributed by atoms with Gasteiger partial charge in [-0.3, -0.25) is 4.79 Å². The van der Waals surface area contributed by atoms with Gasteiger partial charge in [-0.2, -0.15) is 0 Å². The Morgan fingerprint density at radius 1 is 1.21 bits per heavy atom. The number of ether oxygens (including phenoxy) is 2. The Kier molecular flexibility index (Phi) is 6.97. The van der Waals surface area contributed by atoms with Crippen molar-refractivity contribution in [2.24, 2.45) is 0 Å². The number of carbonyl (C=O) groups excluding carboxylic acids is 1. The lowest BCUT2D eigenvalue weighted by Crippen LogP contribution is -2.15. The zero-order valence-electron chi connectivity index (χ0n) is 13.9. The lowest BCUT2D eigenvalue weighted by Gasteiger charge is -2.08. The molecule has 0 unspecified atom stereocenters. The summed E-state index contributed by atoms with van der Waals surface area (Å²) in [6.45, 7) is 3.91. The van der Waals surface area contributed by atoms with E-state index in [0.29, 0.717) is 37.0 Å². The molecule has 0 saturated carbocycles. The highest BCUT2D eigenvalue weighted by molar-refractivity contribution is 6.03. The number of nitrogens with one attached hydrogen (secondary N) is 2. The van der Waals surface area contributed by atoms with Crippen molar-refractivity contribution in [2.45, 2.75) is 13.3 Å². The molecule has 2 N–H and O–H groups in total. The molecule has 1 amide bonds. The van der Waals surface area contributed by atoms with E-state index >= 15 is 0 Å². The molecule has 0 saturated heterocycles. The van der Waals surface area contributed by atoms with E-state index in [2.05, 4.69) is 20.6 Å². The Morgan fingerprint density at radius 3 is 2.71 bits per heavy atom. The average Bonchev–Trinajstić information content (AvgIpc) is 2.61. The molecular weight excluding hydrogens is 308 g/mol. The summed E-state index contributed by atoms with van der Waals surface area (Å²) in [4.78, 5) is 20.4. The topological polar surface area (TPSA) is 85.4 Å². The van der Waals surface area contributed by atoms with Crippen LogP contribution in [0.25, 0.3) is 0 Å². The largest absolute Gasteiger partial charge is 0.494 e. The number of benzene rings is 1. The van der Waals surface area contributed by atoms with Crippen LogP contribution in [0.2, 0.25) is 0 Å². The highest BCUT2D eigenvalue weighted by atomic mass is 16.5. The molecule has 1 aromatic carbocycles. The van der Waals surface area contributed by atoms with Crippen LogP contribution in [0.4, 0.5) is 11.5 Å². The molecule has 0 aliphatic rings. The van der Waals surface area contributed by atoms with Crippen molar-refractivity contribution in [3.05, 3.63) is 42.4 Å². The van der Waals surface area contributed by atoms with E-state index in [1.165, 1.54) is 6.33 Å². The zero-order valence-corrected chi connectivity index (χ0v) is 13.9. The van der Waals surface area contributed by atoms with Crippen LogP contribution in [0.15, 0.2) is 36.7 Å². The van der Waals surface area contributed by atoms with E-state index in [0.717, 1.165) is 12.2 Å². The molecule has 0 aliphatic heterocycles. The van der Waals surface area contributed by atoms with Gasteiger partial charge in [0.15, 0.2) is 0 Å². The Bertz CT molecular complexity index is 647. The normalized spacial score (nSPS) is 10.2. The molecule has 0 bridgehead atoms. The molecule has 0 atom stereocenters. The maximum atomic E-state index is 12.3. The Hall–Kier alpha value is -2.67. The van der Waals surface area contributed by atoms with Crippen molar-refractivity contribution in [2.75, 3.05) is 37.5 Å². The number of nitrogens with zero attached hydrogens (tertiary/aromatic N) is 2. The third-order valence-corrected chi connectivity index (χ3v) is 3.15. The van der Waals surface area contributed by atoms with Crippen LogP contribution in [0.1, 0.15) is 23.8 Å². The second kappa shape index (κ2) is 9.46. The number of hydrogen-bond donors (Lipinski definition) is 2. The molecule has 0 radical (unpaired) electrons. The van der Waals surface area contributed by atoms with Gasteiger partial charge >= 0.3 is 0 Å². The quantitative estimate of drug-likeness (QED) is 0.687. The van der Waals surface area contributed by atoms with Gasteiger partial charge in [0.05, 0.1) is 6.61 Å². The third kappa shape index (κ3) is 5.51. The molecule has 128 valence electrons. The Balaban J connectivity index is 1.94. The average molecular weight is 330 g/mol. The van der Waals surface area contributed by atoms with Crippen LogP contribution < -0.4 is 15.4 Å². The maximum absolute atomic E-state index is 12.3. The summed E-state index contributed by atoms with van der Waals surface area (Å²) in [5.74, 6) is 1.08. The number of amides is 1. The minimum Gasteiger partial charge on any atom is -0.494 e. The van der Waals surface area contributed by atoms with Gasteiger partial charge < -0.3 is 20.1 Å². The van der Waals surface area contributed by atoms with Crippen LogP contribution in [0, 0.1) is 0 Å². The molecule has 24 heavy (non-hydrogen) atoms. The highest BCUT2D eigenvalue weighted by Crippen LogP contribution is 2.16. The van der Waals surface area contributed by atoms with Crippen LogP contribution in [0.5, 0.6) is 5.75 Å². The van der Waals surface area contributed by atoms with Crippen molar-refractivity contribution >= 4 is 17.4 Å². The summed E-state index contributed by atoms with van der Waals surface area (Å²) in [5, 5.41) is 5.93. The van der Waals surface area contributed by atoms with Gasteiger partial charge in [-0.15, -0.1) is 0 Å². The van der Waals surface area contributed by atoms with Crippen LogP contribution in [0.3, 0.4) is 0 Å². The minimum atomic E-state index is -0.290. The number of aromatic nitrogens is 2. The van der Waals surface area contributed by atoms with Crippen molar-refractivity contribution in [1.29, 1.82) is 0 Å². The van der Waals surface area contributed by atoms with E-state index in [-0.39, 0.29) is 5.91 Å². The molecule has 7 nitrogen and oxygen atoms in total. The smallest absolute Gasteiger partial charge is 0.274 e. The number of anilines is 2. The summed E-state index contributed by atoms with van der Waals surface area (Å²) in [5.41, 5.74) is 0.977. The van der Waals surface area contributed by atoms with Gasteiger partial charge in [0, 0.05) is 32.0 Å². The van der Waals surface area contributed by atoms with Crippen molar-refractivity contribution in [3.8, 4) is 5.75 Å². The standard InChI is InChI=1S/C17H22N4O3/c1-3-24-14-7-5-13(6-8-14)21-17(22)15-11-16(20-12-19-15)18-9-4-10-23-2/h5-8,11-12H,3-4,9-10H2,1-2H3,(H,21,22)(H,18,19,20). The molecule has 0 fully saturated rings. The number of rotatable bonds is 9. The SMILES string of the molecule is CCOc1ccc(NC(=O)c2cc(NCCCOC)ncn2)cc1.